The van der Waals surface area contributed by atoms with Crippen LogP contribution < -0.4 is 16.0 Å². The first-order valence-corrected chi connectivity index (χ1v) is 10.8. The van der Waals surface area contributed by atoms with E-state index in [1.165, 1.54) is 18.2 Å². The third-order valence-corrected chi connectivity index (χ3v) is 5.26. The molecule has 0 aliphatic carbocycles. The number of carbonyl (C=O) groups excluding carboxylic acids is 2. The van der Waals surface area contributed by atoms with Gasteiger partial charge in [-0.1, -0.05) is 23.7 Å². The first kappa shape index (κ1) is 21.7. The van der Waals surface area contributed by atoms with Crippen LogP contribution in [0.25, 0.3) is 0 Å². The van der Waals surface area contributed by atoms with Crippen LogP contribution in [0.3, 0.4) is 0 Å². The molecule has 0 saturated carbocycles. The van der Waals surface area contributed by atoms with Crippen molar-refractivity contribution in [3.05, 3.63) is 58.6 Å². The van der Waals surface area contributed by atoms with Crippen LogP contribution in [0.2, 0.25) is 5.02 Å². The highest BCUT2D eigenvalue weighted by Crippen LogP contribution is 2.22. The second kappa shape index (κ2) is 9.07. The van der Waals surface area contributed by atoms with Crippen LogP contribution in [-0.4, -0.2) is 32.7 Å². The fraction of sp³-hybridized carbons (Fsp3) is 0.263. The Bertz CT molecular complexity index is 973. The van der Waals surface area contributed by atoms with Gasteiger partial charge in [0.2, 0.25) is 0 Å². The van der Waals surface area contributed by atoms with E-state index in [2.05, 4.69) is 16.0 Å². The third kappa shape index (κ3) is 6.24. The number of benzene rings is 2. The predicted octanol–water partition coefficient (Wildman–Crippen LogP) is 3.20. The number of hydrogen-bond donors (Lipinski definition) is 3. The minimum Gasteiger partial charge on any atom is -0.348 e. The van der Waals surface area contributed by atoms with E-state index in [1.807, 2.05) is 13.8 Å². The number of amides is 3. The molecule has 0 aliphatic rings. The van der Waals surface area contributed by atoms with E-state index in [9.17, 15) is 18.0 Å². The van der Waals surface area contributed by atoms with Gasteiger partial charge in [0.05, 0.1) is 9.92 Å². The Kier molecular flexibility index (Phi) is 7.04. The van der Waals surface area contributed by atoms with Crippen molar-refractivity contribution >= 4 is 39.1 Å². The zero-order chi connectivity index (χ0) is 20.9. The fourth-order valence-electron chi connectivity index (χ4n) is 2.35. The fourth-order valence-corrected chi connectivity index (χ4v) is 3.65. The van der Waals surface area contributed by atoms with Crippen molar-refractivity contribution in [2.45, 2.75) is 31.3 Å². The lowest BCUT2D eigenvalue weighted by atomic mass is 10.2. The van der Waals surface area contributed by atoms with Crippen LogP contribution in [0.15, 0.2) is 47.4 Å². The summed E-state index contributed by atoms with van der Waals surface area (Å²) < 4.78 is 23.4. The van der Waals surface area contributed by atoms with Gasteiger partial charge >= 0.3 is 6.03 Å². The summed E-state index contributed by atoms with van der Waals surface area (Å²) in [4.78, 5) is 23.9. The van der Waals surface area contributed by atoms with Gasteiger partial charge in [0.25, 0.3) is 5.91 Å². The summed E-state index contributed by atoms with van der Waals surface area (Å²) in [6.07, 6.45) is 1.03. The summed E-state index contributed by atoms with van der Waals surface area (Å²) in [5.74, 6) is -0.417. The average molecular weight is 424 g/mol. The molecule has 0 radical (unpaired) electrons. The minimum atomic E-state index is -3.53. The highest BCUT2D eigenvalue weighted by atomic mass is 35.5. The van der Waals surface area contributed by atoms with Crippen molar-refractivity contribution in [1.29, 1.82) is 0 Å². The van der Waals surface area contributed by atoms with Gasteiger partial charge in [0.1, 0.15) is 0 Å². The lowest BCUT2D eigenvalue weighted by Gasteiger charge is -2.11. The van der Waals surface area contributed by atoms with Crippen molar-refractivity contribution in [3.63, 3.8) is 0 Å². The summed E-state index contributed by atoms with van der Waals surface area (Å²) in [7, 11) is -3.53. The maximum Gasteiger partial charge on any atom is 0.319 e. The molecule has 0 heterocycles. The molecule has 3 amide bonds. The molecule has 7 nitrogen and oxygen atoms in total. The molecule has 0 unspecified atom stereocenters. The molecule has 0 saturated heterocycles. The standard InChI is InChI=1S/C19H22ClN3O4S/c1-12(2)22-19(25)23-15-7-4-13(5-8-15)11-21-18(24)14-6-9-16(20)17(10-14)28(3,26)27/h4-10,12H,11H2,1-3H3,(H,21,24)(H2,22,23,25). The van der Waals surface area contributed by atoms with E-state index >= 15 is 0 Å². The minimum absolute atomic E-state index is 0.0329. The molecule has 0 aromatic heterocycles. The van der Waals surface area contributed by atoms with E-state index < -0.39 is 15.7 Å². The van der Waals surface area contributed by atoms with Gasteiger partial charge in [-0.2, -0.15) is 0 Å². The van der Waals surface area contributed by atoms with Crippen LogP contribution >= 0.6 is 11.6 Å². The van der Waals surface area contributed by atoms with Crippen molar-refractivity contribution in [3.8, 4) is 0 Å². The number of carbonyl (C=O) groups is 2. The van der Waals surface area contributed by atoms with Crippen molar-refractivity contribution < 1.29 is 18.0 Å². The summed E-state index contributed by atoms with van der Waals surface area (Å²) in [5.41, 5.74) is 1.65. The first-order chi connectivity index (χ1) is 13.1. The molecule has 150 valence electrons. The van der Waals surface area contributed by atoms with E-state index in [0.717, 1.165) is 11.8 Å². The number of hydrogen-bond acceptors (Lipinski definition) is 4. The van der Waals surface area contributed by atoms with E-state index in [4.69, 9.17) is 11.6 Å². The normalized spacial score (nSPS) is 11.2. The lowest BCUT2D eigenvalue weighted by Crippen LogP contribution is -2.34. The molecule has 2 rings (SSSR count). The smallest absolute Gasteiger partial charge is 0.319 e. The largest absolute Gasteiger partial charge is 0.348 e. The second-order valence-electron chi connectivity index (χ2n) is 6.55. The number of anilines is 1. The van der Waals surface area contributed by atoms with Crippen LogP contribution in [-0.2, 0) is 16.4 Å². The zero-order valence-electron chi connectivity index (χ0n) is 15.7. The van der Waals surface area contributed by atoms with Crippen LogP contribution in [0.5, 0.6) is 0 Å². The Balaban J connectivity index is 1.99. The number of nitrogens with one attached hydrogen (secondary N) is 3. The van der Waals surface area contributed by atoms with Gasteiger partial charge in [-0.15, -0.1) is 0 Å². The summed E-state index contributed by atoms with van der Waals surface area (Å²) in [6.45, 7) is 3.98. The summed E-state index contributed by atoms with van der Waals surface area (Å²) in [6, 6.07) is 10.8. The quantitative estimate of drug-likeness (QED) is 0.663. The summed E-state index contributed by atoms with van der Waals surface area (Å²) in [5, 5.41) is 8.23. The van der Waals surface area contributed by atoms with Crippen LogP contribution in [0, 0.1) is 0 Å². The molecule has 0 atom stereocenters. The number of sulfone groups is 1. The Morgan fingerprint density at radius 1 is 1.07 bits per heavy atom. The van der Waals surface area contributed by atoms with Crippen molar-refractivity contribution in [2.24, 2.45) is 0 Å². The Morgan fingerprint density at radius 3 is 2.29 bits per heavy atom. The monoisotopic (exact) mass is 423 g/mol. The topological polar surface area (TPSA) is 104 Å². The van der Waals surface area contributed by atoms with Crippen LogP contribution in [0.4, 0.5) is 10.5 Å². The number of halogens is 1. The first-order valence-electron chi connectivity index (χ1n) is 8.50. The highest BCUT2D eigenvalue weighted by Gasteiger charge is 2.15. The molecule has 28 heavy (non-hydrogen) atoms. The highest BCUT2D eigenvalue weighted by molar-refractivity contribution is 7.90. The van der Waals surface area contributed by atoms with Gasteiger partial charge in [0.15, 0.2) is 9.84 Å². The Hall–Kier alpha value is -2.58. The summed E-state index contributed by atoms with van der Waals surface area (Å²) >= 11 is 5.89. The molecule has 0 fully saturated rings. The third-order valence-electron chi connectivity index (χ3n) is 3.68. The Morgan fingerprint density at radius 2 is 1.71 bits per heavy atom. The molecule has 2 aromatic carbocycles. The van der Waals surface area contributed by atoms with Crippen molar-refractivity contribution in [2.75, 3.05) is 11.6 Å². The van der Waals surface area contributed by atoms with E-state index in [-0.39, 0.29) is 34.1 Å². The number of urea groups is 1. The zero-order valence-corrected chi connectivity index (χ0v) is 17.3. The maximum atomic E-state index is 12.3. The van der Waals surface area contributed by atoms with E-state index in [0.29, 0.717) is 5.69 Å². The van der Waals surface area contributed by atoms with Gasteiger partial charge in [-0.05, 0) is 49.7 Å². The van der Waals surface area contributed by atoms with Gasteiger partial charge in [0, 0.05) is 30.1 Å². The van der Waals surface area contributed by atoms with Crippen LogP contribution in [0.1, 0.15) is 29.8 Å². The van der Waals surface area contributed by atoms with Gasteiger partial charge in [-0.25, -0.2) is 13.2 Å². The SMILES string of the molecule is CC(C)NC(=O)Nc1ccc(CNC(=O)c2ccc(Cl)c(S(C)(=O)=O)c2)cc1. The molecular weight excluding hydrogens is 402 g/mol. The molecule has 3 N–H and O–H groups in total. The lowest BCUT2D eigenvalue weighted by molar-refractivity contribution is 0.0950. The molecule has 0 bridgehead atoms. The van der Waals surface area contributed by atoms with E-state index in [1.54, 1.807) is 24.3 Å². The molecule has 0 spiro atoms. The average Bonchev–Trinajstić information content (AvgIpc) is 2.59. The Labute approximate surface area is 169 Å². The molecule has 9 heteroatoms. The molecular formula is C19H22ClN3O4S. The van der Waals surface area contributed by atoms with Gasteiger partial charge in [-0.3, -0.25) is 4.79 Å². The van der Waals surface area contributed by atoms with Gasteiger partial charge < -0.3 is 16.0 Å². The van der Waals surface area contributed by atoms with Crippen molar-refractivity contribution in [1.82, 2.24) is 10.6 Å². The predicted molar refractivity (Wildman–Crippen MR) is 109 cm³/mol. The molecule has 2 aromatic rings. The molecule has 0 aliphatic heterocycles. The number of rotatable bonds is 6. The maximum absolute atomic E-state index is 12.3. The second-order valence-corrected chi connectivity index (χ2v) is 8.94.